The third-order valence-corrected chi connectivity index (χ3v) is 6.99. The lowest BCUT2D eigenvalue weighted by atomic mass is 10.1. The van der Waals surface area contributed by atoms with E-state index in [1.165, 1.54) is 64.8 Å². The zero-order chi connectivity index (χ0) is 34.2. The molecule has 0 atom stereocenters. The minimum atomic E-state index is -0.724. The molecular weight excluding hydrogens is 588 g/mol. The zero-order valence-electron chi connectivity index (χ0n) is 28.9. The Morgan fingerprint density at radius 1 is 0.609 bits per heavy atom. The summed E-state index contributed by atoms with van der Waals surface area (Å²) in [5.74, 6) is -1.03. The minimum absolute atomic E-state index is 0.118. The van der Waals surface area contributed by atoms with Crippen LogP contribution in [0.15, 0.2) is 44.8 Å². The van der Waals surface area contributed by atoms with Crippen LogP contribution in [0, 0.1) is 0 Å². The van der Waals surface area contributed by atoms with E-state index in [0.717, 1.165) is 38.5 Å². The highest BCUT2D eigenvalue weighted by atomic mass is 16.5. The molecule has 1 aromatic rings. The highest BCUT2D eigenvalue weighted by molar-refractivity contribution is 6.11. The number of hydrogen-bond acceptors (Lipinski definition) is 10. The molecule has 0 aliphatic carbocycles. The molecule has 0 aliphatic heterocycles. The van der Waals surface area contributed by atoms with Gasteiger partial charge in [-0.05, 0) is 40.5 Å². The fraction of sp³-hybridized carbons (Fsp3) is 0.611. The highest BCUT2D eigenvalue weighted by Gasteiger charge is 2.17. The Labute approximate surface area is 275 Å². The summed E-state index contributed by atoms with van der Waals surface area (Å²) < 4.78 is 22.5. The van der Waals surface area contributed by atoms with Crippen LogP contribution in [0.3, 0.4) is 0 Å². The molecule has 0 heterocycles. The molecule has 0 radical (unpaired) electrons. The standard InChI is InChI=1S/C36H56N2O8/c1-7-11-13-15-17-19-21-45-33-23-31(37-25-29(27(5)39)35(41)43-9-3)32(38-26-30(28(6)40)36(42)44-10-4)24-34(33)46-22-20-18-16-14-12-8-2/h23-26,39-40H,7-22H2,1-6H3/b29-27-,30-28+,37-25?,38-26?. The molecule has 258 valence electrons. The summed E-state index contributed by atoms with van der Waals surface area (Å²) in [6.45, 7) is 11.7. The van der Waals surface area contributed by atoms with Crippen molar-refractivity contribution < 1.29 is 38.7 Å². The number of unbranched alkanes of at least 4 members (excludes halogenated alkanes) is 10. The number of carbonyl (C=O) groups is 2. The largest absolute Gasteiger partial charge is 0.512 e. The Balaban J connectivity index is 3.53. The van der Waals surface area contributed by atoms with Crippen molar-refractivity contribution >= 4 is 35.7 Å². The van der Waals surface area contributed by atoms with Gasteiger partial charge in [-0.2, -0.15) is 0 Å². The molecular formula is C36H56N2O8. The van der Waals surface area contributed by atoms with Gasteiger partial charge in [0.2, 0.25) is 0 Å². The van der Waals surface area contributed by atoms with Crippen molar-refractivity contribution in [3.05, 3.63) is 34.8 Å². The molecule has 0 bridgehead atoms. The second kappa shape index (κ2) is 24.4. The number of aliphatic hydroxyl groups is 2. The van der Waals surface area contributed by atoms with Crippen molar-refractivity contribution in [2.75, 3.05) is 26.4 Å². The number of hydrogen-bond donors (Lipinski definition) is 2. The van der Waals surface area contributed by atoms with Crippen LogP contribution in [0.2, 0.25) is 0 Å². The number of benzene rings is 1. The summed E-state index contributed by atoms with van der Waals surface area (Å²) in [5, 5.41) is 20.3. The van der Waals surface area contributed by atoms with Crippen molar-refractivity contribution in [3.8, 4) is 11.5 Å². The maximum atomic E-state index is 12.4. The van der Waals surface area contributed by atoms with Gasteiger partial charge >= 0.3 is 11.9 Å². The molecule has 0 saturated carbocycles. The third-order valence-electron chi connectivity index (χ3n) is 6.99. The van der Waals surface area contributed by atoms with Gasteiger partial charge in [0.05, 0.1) is 37.8 Å². The molecule has 2 N–H and O–H groups in total. The molecule has 1 aromatic carbocycles. The van der Waals surface area contributed by atoms with E-state index in [4.69, 9.17) is 18.9 Å². The average Bonchev–Trinajstić information content (AvgIpc) is 3.01. The van der Waals surface area contributed by atoms with Crippen LogP contribution in [0.1, 0.15) is 119 Å². The molecule has 46 heavy (non-hydrogen) atoms. The van der Waals surface area contributed by atoms with E-state index in [2.05, 4.69) is 23.8 Å². The van der Waals surface area contributed by atoms with Crippen LogP contribution < -0.4 is 9.47 Å². The first-order chi connectivity index (χ1) is 22.2. The highest BCUT2D eigenvalue weighted by Crippen LogP contribution is 2.40. The van der Waals surface area contributed by atoms with Gasteiger partial charge in [-0.25, -0.2) is 9.59 Å². The van der Waals surface area contributed by atoms with Crippen LogP contribution in [0.5, 0.6) is 11.5 Å². The lowest BCUT2D eigenvalue weighted by Crippen LogP contribution is -2.11. The molecule has 0 aromatic heterocycles. The summed E-state index contributed by atoms with van der Waals surface area (Å²) in [7, 11) is 0. The Kier molecular flexibility index (Phi) is 21.3. The Bertz CT molecular complexity index is 1090. The number of esters is 2. The summed E-state index contributed by atoms with van der Waals surface area (Å²) in [5.41, 5.74) is 0.326. The lowest BCUT2D eigenvalue weighted by Gasteiger charge is -2.15. The first-order valence-corrected chi connectivity index (χ1v) is 16.9. The van der Waals surface area contributed by atoms with Gasteiger partial charge in [0.1, 0.15) is 22.7 Å². The Morgan fingerprint density at radius 2 is 0.957 bits per heavy atom. The lowest BCUT2D eigenvalue weighted by molar-refractivity contribution is -0.139. The van der Waals surface area contributed by atoms with Crippen LogP contribution >= 0.6 is 0 Å². The van der Waals surface area contributed by atoms with Crippen molar-refractivity contribution in [1.82, 2.24) is 0 Å². The molecule has 0 aliphatic rings. The molecule has 0 spiro atoms. The molecule has 10 nitrogen and oxygen atoms in total. The van der Waals surface area contributed by atoms with Crippen LogP contribution in [0.4, 0.5) is 11.4 Å². The topological polar surface area (TPSA) is 136 Å². The van der Waals surface area contributed by atoms with Gasteiger partial charge in [-0.15, -0.1) is 0 Å². The summed E-state index contributed by atoms with van der Waals surface area (Å²) >= 11 is 0. The fourth-order valence-electron chi connectivity index (χ4n) is 4.37. The predicted molar refractivity (Wildman–Crippen MR) is 184 cm³/mol. The Hall–Kier alpha value is -3.82. The van der Waals surface area contributed by atoms with Crippen LogP contribution in [-0.4, -0.2) is 61.0 Å². The van der Waals surface area contributed by atoms with Gasteiger partial charge in [0, 0.05) is 24.6 Å². The number of nitrogens with zero attached hydrogens (tertiary/aromatic N) is 2. The minimum Gasteiger partial charge on any atom is -0.512 e. The van der Waals surface area contributed by atoms with E-state index in [1.807, 2.05) is 0 Å². The maximum absolute atomic E-state index is 12.4. The second-order valence-corrected chi connectivity index (χ2v) is 11.0. The summed E-state index contributed by atoms with van der Waals surface area (Å²) in [6, 6.07) is 3.32. The van der Waals surface area contributed by atoms with Gasteiger partial charge in [-0.1, -0.05) is 78.1 Å². The number of allylic oxidation sites excluding steroid dienone is 2. The third kappa shape index (κ3) is 16.0. The normalized spacial score (nSPS) is 12.7. The fourth-order valence-corrected chi connectivity index (χ4v) is 4.37. The van der Waals surface area contributed by atoms with Crippen LogP contribution in [0.25, 0.3) is 0 Å². The van der Waals surface area contributed by atoms with Gasteiger partial charge in [-0.3, -0.25) is 9.98 Å². The number of carbonyl (C=O) groups excluding carboxylic acids is 2. The van der Waals surface area contributed by atoms with Crippen LogP contribution in [-0.2, 0) is 19.1 Å². The van der Waals surface area contributed by atoms with Gasteiger partial charge in [0.25, 0.3) is 0 Å². The predicted octanol–water partition coefficient (Wildman–Crippen LogP) is 9.36. The molecule has 0 unspecified atom stereocenters. The van der Waals surface area contributed by atoms with Gasteiger partial charge < -0.3 is 29.2 Å². The molecule has 0 saturated heterocycles. The summed E-state index contributed by atoms with van der Waals surface area (Å²) in [4.78, 5) is 33.8. The van der Waals surface area contributed by atoms with Crippen molar-refractivity contribution in [2.45, 2.75) is 119 Å². The van der Waals surface area contributed by atoms with E-state index in [1.54, 1.807) is 26.0 Å². The van der Waals surface area contributed by atoms with Crippen molar-refractivity contribution in [2.24, 2.45) is 9.98 Å². The molecule has 10 heteroatoms. The molecule has 0 amide bonds. The quantitative estimate of drug-likeness (QED) is 0.0373. The van der Waals surface area contributed by atoms with Gasteiger partial charge in [0.15, 0.2) is 11.5 Å². The molecule has 0 fully saturated rings. The summed E-state index contributed by atoms with van der Waals surface area (Å²) in [6.07, 6.45) is 15.8. The average molecular weight is 645 g/mol. The number of aliphatic imine (C=N–C) groups is 2. The monoisotopic (exact) mass is 644 g/mol. The van der Waals surface area contributed by atoms with E-state index in [9.17, 15) is 19.8 Å². The number of rotatable bonds is 24. The van der Waals surface area contributed by atoms with E-state index < -0.39 is 11.9 Å². The Morgan fingerprint density at radius 3 is 1.28 bits per heavy atom. The zero-order valence-corrected chi connectivity index (χ0v) is 28.9. The smallest absolute Gasteiger partial charge is 0.343 e. The first-order valence-electron chi connectivity index (χ1n) is 16.9. The van der Waals surface area contributed by atoms with E-state index in [0.29, 0.717) is 24.7 Å². The second-order valence-electron chi connectivity index (χ2n) is 11.0. The van der Waals surface area contributed by atoms with Crippen molar-refractivity contribution in [3.63, 3.8) is 0 Å². The SMILES string of the molecule is CCCCCCCCOc1cc(N=C/C(C(=O)OCC)=C(\C)O)c(N=C/C(C(=O)OCC)=C(/C)O)cc1OCCCCCCCC. The first kappa shape index (κ1) is 40.2. The van der Waals surface area contributed by atoms with Crippen molar-refractivity contribution in [1.29, 1.82) is 0 Å². The van der Waals surface area contributed by atoms with E-state index >= 15 is 0 Å². The molecule has 1 rings (SSSR count). The number of aliphatic hydroxyl groups excluding tert-OH is 2. The van der Waals surface area contributed by atoms with E-state index in [-0.39, 0.29) is 47.3 Å². The maximum Gasteiger partial charge on any atom is 0.343 e. The number of ether oxygens (including phenoxy) is 4.